The van der Waals surface area contributed by atoms with Crippen molar-refractivity contribution in [3.05, 3.63) is 40.8 Å². The van der Waals surface area contributed by atoms with Crippen LogP contribution in [0.2, 0.25) is 0 Å². The number of aromatic nitrogens is 1. The minimum absolute atomic E-state index is 0.147. The van der Waals surface area contributed by atoms with Crippen molar-refractivity contribution in [1.29, 1.82) is 0 Å². The quantitative estimate of drug-likeness (QED) is 0.887. The summed E-state index contributed by atoms with van der Waals surface area (Å²) >= 11 is 3.41. The second kappa shape index (κ2) is 6.84. The lowest BCUT2D eigenvalue weighted by Gasteiger charge is -2.16. The molecule has 2 aromatic rings. The molecule has 0 saturated heterocycles. The SMILES string of the molecule is CCN(CCO)Cc1ncc(-c2ccc(Br)cc2)o1. The van der Waals surface area contributed by atoms with Crippen molar-refractivity contribution in [2.24, 2.45) is 0 Å². The number of aliphatic hydroxyl groups excluding tert-OH is 1. The minimum Gasteiger partial charge on any atom is -0.439 e. The van der Waals surface area contributed by atoms with E-state index in [4.69, 9.17) is 9.52 Å². The molecule has 0 aliphatic rings. The molecule has 0 radical (unpaired) electrons. The summed E-state index contributed by atoms with van der Waals surface area (Å²) in [5.41, 5.74) is 1.01. The van der Waals surface area contributed by atoms with Gasteiger partial charge in [-0.1, -0.05) is 35.0 Å². The van der Waals surface area contributed by atoms with Gasteiger partial charge in [0.2, 0.25) is 5.89 Å². The lowest BCUT2D eigenvalue weighted by Crippen LogP contribution is -2.26. The van der Waals surface area contributed by atoms with Gasteiger partial charge in [0.05, 0.1) is 19.3 Å². The summed E-state index contributed by atoms with van der Waals surface area (Å²) < 4.78 is 6.78. The second-order valence-electron chi connectivity index (χ2n) is 4.22. The average Bonchev–Trinajstić information content (AvgIpc) is 2.87. The van der Waals surface area contributed by atoms with Crippen LogP contribution in [-0.4, -0.2) is 34.7 Å². The van der Waals surface area contributed by atoms with Crippen molar-refractivity contribution in [2.45, 2.75) is 13.5 Å². The van der Waals surface area contributed by atoms with Gasteiger partial charge >= 0.3 is 0 Å². The van der Waals surface area contributed by atoms with E-state index in [-0.39, 0.29) is 6.61 Å². The first-order valence-corrected chi connectivity index (χ1v) is 7.06. The summed E-state index contributed by atoms with van der Waals surface area (Å²) in [7, 11) is 0. The Morgan fingerprint density at radius 1 is 1.32 bits per heavy atom. The number of hydrogen-bond donors (Lipinski definition) is 1. The first-order chi connectivity index (χ1) is 9.22. The fourth-order valence-electron chi connectivity index (χ4n) is 1.81. The van der Waals surface area contributed by atoms with E-state index >= 15 is 0 Å². The van der Waals surface area contributed by atoms with Crippen molar-refractivity contribution in [1.82, 2.24) is 9.88 Å². The van der Waals surface area contributed by atoms with E-state index in [0.29, 0.717) is 19.0 Å². The van der Waals surface area contributed by atoms with E-state index < -0.39 is 0 Å². The van der Waals surface area contributed by atoms with E-state index in [1.165, 1.54) is 0 Å². The van der Waals surface area contributed by atoms with E-state index in [9.17, 15) is 0 Å². The Morgan fingerprint density at radius 3 is 2.68 bits per heavy atom. The smallest absolute Gasteiger partial charge is 0.209 e. The predicted octanol–water partition coefficient (Wildman–Crippen LogP) is 2.92. The summed E-state index contributed by atoms with van der Waals surface area (Å²) in [5.74, 6) is 1.44. The van der Waals surface area contributed by atoms with Crippen molar-refractivity contribution >= 4 is 15.9 Å². The zero-order valence-corrected chi connectivity index (χ0v) is 12.4. The Kier molecular flexibility index (Phi) is 5.13. The number of halogens is 1. The fourth-order valence-corrected chi connectivity index (χ4v) is 2.08. The number of nitrogens with zero attached hydrogens (tertiary/aromatic N) is 2. The Labute approximate surface area is 121 Å². The van der Waals surface area contributed by atoms with E-state index in [1.54, 1.807) is 6.20 Å². The molecule has 0 spiro atoms. The molecular formula is C14H17BrN2O2. The Hall–Kier alpha value is -1.17. The van der Waals surface area contributed by atoms with Crippen LogP contribution in [0.1, 0.15) is 12.8 Å². The molecule has 4 nitrogen and oxygen atoms in total. The van der Waals surface area contributed by atoms with Gasteiger partial charge in [0.15, 0.2) is 5.76 Å². The molecule has 0 aliphatic heterocycles. The monoisotopic (exact) mass is 324 g/mol. The molecule has 0 unspecified atom stereocenters. The van der Waals surface area contributed by atoms with Gasteiger partial charge in [-0.05, 0) is 18.7 Å². The molecule has 0 atom stereocenters. The van der Waals surface area contributed by atoms with Gasteiger partial charge in [-0.3, -0.25) is 4.90 Å². The van der Waals surface area contributed by atoms with Crippen LogP contribution < -0.4 is 0 Å². The normalized spacial score (nSPS) is 11.2. The van der Waals surface area contributed by atoms with Crippen LogP contribution in [0.15, 0.2) is 39.4 Å². The number of aliphatic hydroxyl groups is 1. The molecule has 2 rings (SSSR count). The van der Waals surface area contributed by atoms with Gasteiger partial charge in [0, 0.05) is 16.6 Å². The minimum atomic E-state index is 0.147. The number of oxazole rings is 1. The topological polar surface area (TPSA) is 49.5 Å². The molecule has 0 amide bonds. The van der Waals surface area contributed by atoms with Crippen LogP contribution in [0.3, 0.4) is 0 Å². The highest BCUT2D eigenvalue weighted by Crippen LogP contribution is 2.22. The highest BCUT2D eigenvalue weighted by atomic mass is 79.9. The van der Waals surface area contributed by atoms with Crippen molar-refractivity contribution in [3.63, 3.8) is 0 Å². The lowest BCUT2D eigenvalue weighted by atomic mass is 10.2. The molecule has 0 aliphatic carbocycles. The molecule has 1 aromatic heterocycles. The van der Waals surface area contributed by atoms with Gasteiger partial charge < -0.3 is 9.52 Å². The van der Waals surface area contributed by atoms with Crippen molar-refractivity contribution < 1.29 is 9.52 Å². The maximum absolute atomic E-state index is 8.96. The summed E-state index contributed by atoms with van der Waals surface area (Å²) in [6, 6.07) is 7.92. The van der Waals surface area contributed by atoms with Gasteiger partial charge in [0.25, 0.3) is 0 Å². The fraction of sp³-hybridized carbons (Fsp3) is 0.357. The Bertz CT molecular complexity index is 510. The average molecular weight is 325 g/mol. The second-order valence-corrected chi connectivity index (χ2v) is 5.13. The first kappa shape index (κ1) is 14.2. The third kappa shape index (κ3) is 3.89. The van der Waals surface area contributed by atoms with Crippen LogP contribution in [-0.2, 0) is 6.54 Å². The number of hydrogen-bond acceptors (Lipinski definition) is 4. The van der Waals surface area contributed by atoms with E-state index in [1.807, 2.05) is 31.2 Å². The first-order valence-electron chi connectivity index (χ1n) is 6.26. The van der Waals surface area contributed by atoms with Crippen LogP contribution in [0, 0.1) is 0 Å². The summed E-state index contributed by atoms with van der Waals surface area (Å²) in [4.78, 5) is 6.36. The molecule has 1 N–H and O–H groups in total. The van der Waals surface area contributed by atoms with Crippen molar-refractivity contribution in [2.75, 3.05) is 19.7 Å². The van der Waals surface area contributed by atoms with Crippen LogP contribution in [0.4, 0.5) is 0 Å². The number of likely N-dealkylation sites (N-methyl/N-ethyl adjacent to an activating group) is 1. The number of benzene rings is 1. The van der Waals surface area contributed by atoms with Gasteiger partial charge in [0.1, 0.15) is 0 Å². The zero-order valence-electron chi connectivity index (χ0n) is 10.8. The van der Waals surface area contributed by atoms with Crippen LogP contribution in [0.25, 0.3) is 11.3 Å². The zero-order chi connectivity index (χ0) is 13.7. The molecule has 0 bridgehead atoms. The highest BCUT2D eigenvalue weighted by molar-refractivity contribution is 9.10. The standard InChI is InChI=1S/C14H17BrN2O2/c1-2-17(7-8-18)10-14-16-9-13(19-14)11-3-5-12(15)6-4-11/h3-6,9,18H,2,7-8,10H2,1H3. The molecule has 19 heavy (non-hydrogen) atoms. The molecule has 0 fully saturated rings. The van der Waals surface area contributed by atoms with Crippen molar-refractivity contribution in [3.8, 4) is 11.3 Å². The Balaban J connectivity index is 2.08. The predicted molar refractivity (Wildman–Crippen MR) is 77.7 cm³/mol. The van der Waals surface area contributed by atoms with Gasteiger partial charge in [-0.15, -0.1) is 0 Å². The molecular weight excluding hydrogens is 308 g/mol. The summed E-state index contributed by atoms with van der Waals surface area (Å²) in [5, 5.41) is 8.96. The highest BCUT2D eigenvalue weighted by Gasteiger charge is 2.10. The molecule has 1 heterocycles. The van der Waals surface area contributed by atoms with Gasteiger partial charge in [-0.25, -0.2) is 4.98 Å². The largest absolute Gasteiger partial charge is 0.439 e. The maximum atomic E-state index is 8.96. The van der Waals surface area contributed by atoms with Crippen LogP contribution >= 0.6 is 15.9 Å². The molecule has 0 saturated carbocycles. The Morgan fingerprint density at radius 2 is 2.05 bits per heavy atom. The van der Waals surface area contributed by atoms with Gasteiger partial charge in [-0.2, -0.15) is 0 Å². The summed E-state index contributed by atoms with van der Waals surface area (Å²) in [6.07, 6.45) is 1.74. The molecule has 5 heteroatoms. The van der Waals surface area contributed by atoms with E-state index in [2.05, 4.69) is 25.8 Å². The summed E-state index contributed by atoms with van der Waals surface area (Å²) in [6.45, 7) is 4.30. The van der Waals surface area contributed by atoms with E-state index in [0.717, 1.165) is 22.3 Å². The lowest BCUT2D eigenvalue weighted by molar-refractivity contribution is 0.185. The third-order valence-electron chi connectivity index (χ3n) is 2.90. The molecule has 102 valence electrons. The third-order valence-corrected chi connectivity index (χ3v) is 3.43. The maximum Gasteiger partial charge on any atom is 0.209 e. The number of rotatable bonds is 6. The van der Waals surface area contributed by atoms with Crippen LogP contribution in [0.5, 0.6) is 0 Å². The molecule has 1 aromatic carbocycles.